The molecule has 0 aliphatic carbocycles. The molecular formula is C25H33FN4O3S. The quantitative estimate of drug-likeness (QED) is 0.640. The van der Waals surface area contributed by atoms with Crippen molar-refractivity contribution in [1.82, 2.24) is 19.7 Å². The summed E-state index contributed by atoms with van der Waals surface area (Å²) >= 11 is 1.54. The SMILES string of the molecule is CC(C)(C)OC(=O)N1CCC(c2nc(C(=O)N3CCN(Cc4ccc(F)cc4)CC3)cs2)CC1. The third-order valence-electron chi connectivity index (χ3n) is 6.22. The Hall–Kier alpha value is -2.52. The van der Waals surface area contributed by atoms with E-state index in [9.17, 15) is 14.0 Å². The summed E-state index contributed by atoms with van der Waals surface area (Å²) in [5.41, 5.74) is 1.09. The average molecular weight is 489 g/mol. The Labute approximate surface area is 204 Å². The van der Waals surface area contributed by atoms with E-state index in [0.29, 0.717) is 31.9 Å². The molecule has 2 amide bonds. The minimum absolute atomic E-state index is 0.0184. The summed E-state index contributed by atoms with van der Waals surface area (Å²) in [6.07, 6.45) is 1.38. The predicted octanol–water partition coefficient (Wildman–Crippen LogP) is 4.35. The van der Waals surface area contributed by atoms with Crippen molar-refractivity contribution in [2.24, 2.45) is 0 Å². The maximum atomic E-state index is 13.1. The van der Waals surface area contributed by atoms with Gasteiger partial charge in [0.2, 0.25) is 0 Å². The number of carbonyl (C=O) groups excluding carboxylic acids is 2. The molecule has 2 aromatic rings. The van der Waals surface area contributed by atoms with Gasteiger partial charge in [-0.3, -0.25) is 9.69 Å². The number of carbonyl (C=O) groups is 2. The van der Waals surface area contributed by atoms with E-state index in [-0.39, 0.29) is 23.7 Å². The fourth-order valence-electron chi connectivity index (χ4n) is 4.33. The second-order valence-electron chi connectivity index (χ2n) is 10.0. The Kier molecular flexibility index (Phi) is 7.52. The van der Waals surface area contributed by atoms with Crippen molar-refractivity contribution in [2.75, 3.05) is 39.3 Å². The number of nitrogens with zero attached hydrogens (tertiary/aromatic N) is 4. The summed E-state index contributed by atoms with van der Waals surface area (Å²) in [5.74, 6) is 0.0170. The van der Waals surface area contributed by atoms with E-state index >= 15 is 0 Å². The van der Waals surface area contributed by atoms with Crippen molar-refractivity contribution >= 4 is 23.3 Å². The van der Waals surface area contributed by atoms with Gasteiger partial charge in [0.1, 0.15) is 17.1 Å². The second-order valence-corrected chi connectivity index (χ2v) is 10.9. The molecule has 2 aliphatic rings. The van der Waals surface area contributed by atoms with Gasteiger partial charge in [-0.05, 0) is 51.3 Å². The summed E-state index contributed by atoms with van der Waals surface area (Å²) in [4.78, 5) is 35.9. The summed E-state index contributed by atoms with van der Waals surface area (Å²) in [5, 5.41) is 2.84. The summed E-state index contributed by atoms with van der Waals surface area (Å²) in [6, 6.07) is 6.58. The van der Waals surface area contributed by atoms with Crippen LogP contribution >= 0.6 is 11.3 Å². The molecule has 0 saturated carbocycles. The van der Waals surface area contributed by atoms with E-state index < -0.39 is 5.60 Å². The van der Waals surface area contributed by atoms with Gasteiger partial charge in [0.25, 0.3) is 5.91 Å². The van der Waals surface area contributed by atoms with Gasteiger partial charge in [-0.25, -0.2) is 14.2 Å². The van der Waals surface area contributed by atoms with Gasteiger partial charge < -0.3 is 14.5 Å². The molecule has 1 aromatic heterocycles. The zero-order chi connectivity index (χ0) is 24.3. The summed E-state index contributed by atoms with van der Waals surface area (Å²) in [6.45, 7) is 10.5. The van der Waals surface area contributed by atoms with Crippen LogP contribution in [-0.2, 0) is 11.3 Å². The maximum absolute atomic E-state index is 13.1. The Morgan fingerprint density at radius 3 is 2.29 bits per heavy atom. The van der Waals surface area contributed by atoms with E-state index in [4.69, 9.17) is 4.74 Å². The van der Waals surface area contributed by atoms with E-state index in [1.165, 1.54) is 23.5 Å². The highest BCUT2D eigenvalue weighted by molar-refractivity contribution is 7.09. The van der Waals surface area contributed by atoms with Crippen molar-refractivity contribution in [2.45, 2.75) is 51.7 Å². The van der Waals surface area contributed by atoms with Crippen LogP contribution in [0.2, 0.25) is 0 Å². The fourth-order valence-corrected chi connectivity index (χ4v) is 5.29. The largest absolute Gasteiger partial charge is 0.444 e. The lowest BCUT2D eigenvalue weighted by Crippen LogP contribution is -2.48. The fraction of sp³-hybridized carbons (Fsp3) is 0.560. The molecular weight excluding hydrogens is 455 g/mol. The molecule has 34 heavy (non-hydrogen) atoms. The minimum atomic E-state index is -0.495. The van der Waals surface area contributed by atoms with E-state index in [1.54, 1.807) is 4.90 Å². The van der Waals surface area contributed by atoms with Crippen molar-refractivity contribution < 1.29 is 18.7 Å². The first-order chi connectivity index (χ1) is 16.2. The first kappa shape index (κ1) is 24.6. The number of thiazole rings is 1. The van der Waals surface area contributed by atoms with Crippen molar-refractivity contribution in [3.05, 3.63) is 51.7 Å². The molecule has 7 nitrogen and oxygen atoms in total. The monoisotopic (exact) mass is 488 g/mol. The number of hydrogen-bond donors (Lipinski definition) is 0. The zero-order valence-corrected chi connectivity index (χ0v) is 20.9. The Morgan fingerprint density at radius 1 is 1.03 bits per heavy atom. The number of halogens is 1. The second kappa shape index (κ2) is 10.4. The number of ether oxygens (including phenoxy) is 1. The maximum Gasteiger partial charge on any atom is 0.410 e. The Morgan fingerprint density at radius 2 is 1.68 bits per heavy atom. The first-order valence-corrected chi connectivity index (χ1v) is 12.8. The smallest absolute Gasteiger partial charge is 0.410 e. The zero-order valence-electron chi connectivity index (χ0n) is 20.1. The molecule has 0 bridgehead atoms. The van der Waals surface area contributed by atoms with Gasteiger partial charge in [-0.15, -0.1) is 11.3 Å². The van der Waals surface area contributed by atoms with Gasteiger partial charge in [0, 0.05) is 57.1 Å². The van der Waals surface area contributed by atoms with Crippen molar-refractivity contribution in [3.8, 4) is 0 Å². The number of rotatable bonds is 4. The Bertz CT molecular complexity index is 988. The molecule has 0 N–H and O–H groups in total. The van der Waals surface area contributed by atoms with Crippen LogP contribution in [0.3, 0.4) is 0 Å². The van der Waals surface area contributed by atoms with Crippen LogP contribution in [0.5, 0.6) is 0 Å². The standard InChI is InChI=1S/C25H33FN4O3S/c1-25(2,3)33-24(32)30-10-8-19(9-11-30)22-27-21(17-34-22)23(31)29-14-12-28(13-15-29)16-18-4-6-20(26)7-5-18/h4-7,17,19H,8-16H2,1-3H3. The van der Waals surface area contributed by atoms with Crippen LogP contribution in [0, 0.1) is 5.82 Å². The number of likely N-dealkylation sites (tertiary alicyclic amines) is 1. The molecule has 0 spiro atoms. The van der Waals surface area contributed by atoms with Gasteiger partial charge in [-0.2, -0.15) is 0 Å². The van der Waals surface area contributed by atoms with E-state index in [0.717, 1.165) is 43.0 Å². The van der Waals surface area contributed by atoms with Crippen LogP contribution in [0.25, 0.3) is 0 Å². The van der Waals surface area contributed by atoms with Gasteiger partial charge in [0.05, 0.1) is 5.01 Å². The highest BCUT2D eigenvalue weighted by atomic mass is 32.1. The number of aromatic nitrogens is 1. The normalized spacial score (nSPS) is 18.2. The summed E-state index contributed by atoms with van der Waals surface area (Å²) in [7, 11) is 0. The van der Waals surface area contributed by atoms with Crippen LogP contribution in [-0.4, -0.2) is 76.6 Å². The number of piperidine rings is 1. The van der Waals surface area contributed by atoms with E-state index in [1.807, 2.05) is 43.2 Å². The van der Waals surface area contributed by atoms with Gasteiger partial charge >= 0.3 is 6.09 Å². The minimum Gasteiger partial charge on any atom is -0.444 e. The highest BCUT2D eigenvalue weighted by Crippen LogP contribution is 2.31. The molecule has 4 rings (SSSR count). The summed E-state index contributed by atoms with van der Waals surface area (Å²) < 4.78 is 18.6. The van der Waals surface area contributed by atoms with Gasteiger partial charge in [0.15, 0.2) is 0 Å². The molecule has 3 heterocycles. The molecule has 2 saturated heterocycles. The highest BCUT2D eigenvalue weighted by Gasteiger charge is 2.30. The number of amides is 2. The molecule has 0 unspecified atom stereocenters. The number of hydrogen-bond acceptors (Lipinski definition) is 6. The van der Waals surface area contributed by atoms with Crippen molar-refractivity contribution in [3.63, 3.8) is 0 Å². The first-order valence-electron chi connectivity index (χ1n) is 11.9. The van der Waals surface area contributed by atoms with Crippen molar-refractivity contribution in [1.29, 1.82) is 0 Å². The van der Waals surface area contributed by atoms with Crippen LogP contribution in [0.1, 0.15) is 60.6 Å². The third kappa shape index (κ3) is 6.33. The van der Waals surface area contributed by atoms with Crippen LogP contribution in [0.4, 0.5) is 9.18 Å². The third-order valence-corrected chi connectivity index (χ3v) is 7.22. The van der Waals surface area contributed by atoms with Crippen LogP contribution < -0.4 is 0 Å². The molecule has 1 aromatic carbocycles. The lowest BCUT2D eigenvalue weighted by molar-refractivity contribution is 0.0204. The molecule has 0 radical (unpaired) electrons. The average Bonchev–Trinajstić information content (AvgIpc) is 3.30. The van der Waals surface area contributed by atoms with Crippen LogP contribution in [0.15, 0.2) is 29.6 Å². The topological polar surface area (TPSA) is 66.0 Å². The molecule has 9 heteroatoms. The Balaban J connectivity index is 1.25. The molecule has 184 valence electrons. The lowest BCUT2D eigenvalue weighted by Gasteiger charge is -2.34. The number of benzene rings is 1. The lowest BCUT2D eigenvalue weighted by atomic mass is 9.98. The predicted molar refractivity (Wildman–Crippen MR) is 129 cm³/mol. The molecule has 2 fully saturated rings. The van der Waals surface area contributed by atoms with E-state index in [2.05, 4.69) is 9.88 Å². The molecule has 2 aliphatic heterocycles. The number of piperazine rings is 1. The molecule has 0 atom stereocenters. The van der Waals surface area contributed by atoms with Gasteiger partial charge in [-0.1, -0.05) is 12.1 Å².